The van der Waals surface area contributed by atoms with E-state index in [2.05, 4.69) is 4.90 Å². The smallest absolute Gasteiger partial charge is 0.219 e. The van der Waals surface area contributed by atoms with Gasteiger partial charge in [0.1, 0.15) is 0 Å². The molecule has 0 aromatic carbocycles. The van der Waals surface area contributed by atoms with E-state index in [4.69, 9.17) is 0 Å². The molecule has 2 aliphatic heterocycles. The highest BCUT2D eigenvalue weighted by molar-refractivity contribution is 5.73. The Balaban J connectivity index is 0.000000172. The van der Waals surface area contributed by atoms with Gasteiger partial charge in [-0.3, -0.25) is 9.59 Å². The van der Waals surface area contributed by atoms with Crippen LogP contribution in [0.4, 0.5) is 0 Å². The molecule has 126 valence electrons. The van der Waals surface area contributed by atoms with Crippen LogP contribution in [-0.2, 0) is 9.59 Å². The van der Waals surface area contributed by atoms with E-state index in [0.29, 0.717) is 6.04 Å². The van der Waals surface area contributed by atoms with Crippen molar-refractivity contribution in [3.8, 4) is 0 Å². The average molecular weight is 308 g/mol. The van der Waals surface area contributed by atoms with Crippen molar-refractivity contribution >= 4 is 11.8 Å². The monoisotopic (exact) mass is 308 g/mol. The lowest BCUT2D eigenvalue weighted by molar-refractivity contribution is -0.135. The largest absolute Gasteiger partial charge is 0.343 e. The van der Waals surface area contributed by atoms with Crippen LogP contribution in [0.1, 0.15) is 71.6 Å². The molecule has 0 spiro atoms. The molecular weight excluding hydrogens is 276 g/mol. The molecule has 0 aromatic rings. The summed E-state index contributed by atoms with van der Waals surface area (Å²) in [7, 11) is 0. The summed E-state index contributed by atoms with van der Waals surface area (Å²) in [6.07, 6.45) is 11.6. The minimum Gasteiger partial charge on any atom is -0.343 e. The number of likely N-dealkylation sites (tertiary alicyclic amines) is 2. The second-order valence-corrected chi connectivity index (χ2v) is 7.03. The summed E-state index contributed by atoms with van der Waals surface area (Å²) in [5.74, 6) is 1.35. The van der Waals surface area contributed by atoms with Gasteiger partial charge >= 0.3 is 0 Å². The molecule has 2 amide bonds. The first-order valence-electron chi connectivity index (χ1n) is 9.12. The topological polar surface area (TPSA) is 40.6 Å². The van der Waals surface area contributed by atoms with E-state index in [0.717, 1.165) is 25.6 Å². The van der Waals surface area contributed by atoms with Gasteiger partial charge in [0, 0.05) is 39.5 Å². The van der Waals surface area contributed by atoms with Crippen molar-refractivity contribution < 1.29 is 9.59 Å². The van der Waals surface area contributed by atoms with Crippen molar-refractivity contribution in [3.63, 3.8) is 0 Å². The van der Waals surface area contributed by atoms with Gasteiger partial charge in [-0.15, -0.1) is 0 Å². The predicted molar refractivity (Wildman–Crippen MR) is 88.5 cm³/mol. The van der Waals surface area contributed by atoms with E-state index in [-0.39, 0.29) is 11.8 Å². The van der Waals surface area contributed by atoms with Crippen LogP contribution in [0.5, 0.6) is 0 Å². The first-order valence-corrected chi connectivity index (χ1v) is 9.12. The van der Waals surface area contributed by atoms with Crippen molar-refractivity contribution in [1.29, 1.82) is 0 Å². The molecule has 22 heavy (non-hydrogen) atoms. The number of hydrogen-bond acceptors (Lipinski definition) is 2. The van der Waals surface area contributed by atoms with E-state index < -0.39 is 0 Å². The Morgan fingerprint density at radius 1 is 0.727 bits per heavy atom. The van der Waals surface area contributed by atoms with Crippen LogP contribution in [0, 0.1) is 5.92 Å². The number of amides is 2. The molecule has 3 fully saturated rings. The van der Waals surface area contributed by atoms with Gasteiger partial charge in [0.25, 0.3) is 0 Å². The summed E-state index contributed by atoms with van der Waals surface area (Å²) in [6.45, 7) is 6.34. The van der Waals surface area contributed by atoms with Crippen LogP contribution in [-0.4, -0.2) is 47.3 Å². The molecule has 2 atom stereocenters. The third-order valence-electron chi connectivity index (χ3n) is 5.45. The summed E-state index contributed by atoms with van der Waals surface area (Å²) in [4.78, 5) is 26.1. The van der Waals surface area contributed by atoms with Gasteiger partial charge in [-0.2, -0.15) is 0 Å². The lowest BCUT2D eigenvalue weighted by atomic mass is 9.78. The van der Waals surface area contributed by atoms with E-state index in [1.165, 1.54) is 57.8 Å². The van der Waals surface area contributed by atoms with Gasteiger partial charge in [0.2, 0.25) is 11.8 Å². The maximum absolute atomic E-state index is 11.4. The minimum atomic E-state index is 0.231. The number of carbonyl (C=O) groups is 2. The fourth-order valence-corrected chi connectivity index (χ4v) is 4.22. The van der Waals surface area contributed by atoms with Gasteiger partial charge in [-0.1, -0.05) is 12.8 Å². The summed E-state index contributed by atoms with van der Waals surface area (Å²) >= 11 is 0. The first-order chi connectivity index (χ1) is 10.6. The fourth-order valence-electron chi connectivity index (χ4n) is 4.22. The second kappa shape index (κ2) is 8.54. The zero-order chi connectivity index (χ0) is 15.9. The molecule has 2 heterocycles. The molecule has 4 heteroatoms. The van der Waals surface area contributed by atoms with Crippen molar-refractivity contribution in [2.24, 2.45) is 5.92 Å². The van der Waals surface area contributed by atoms with E-state index in [1.54, 1.807) is 13.8 Å². The maximum atomic E-state index is 11.4. The van der Waals surface area contributed by atoms with Crippen molar-refractivity contribution in [3.05, 3.63) is 0 Å². The number of nitrogens with zero attached hydrogens (tertiary/aromatic N) is 2. The second-order valence-electron chi connectivity index (χ2n) is 7.03. The molecule has 4 nitrogen and oxygen atoms in total. The first kappa shape index (κ1) is 17.3. The molecule has 0 bridgehead atoms. The molecular formula is C18H32N2O2. The van der Waals surface area contributed by atoms with Crippen LogP contribution >= 0.6 is 0 Å². The Bertz CT molecular complexity index is 375. The normalized spacial score (nSPS) is 28.3. The number of hydrogen-bond donors (Lipinski definition) is 0. The number of rotatable bonds is 0. The highest BCUT2D eigenvalue weighted by Gasteiger charge is 2.34. The summed E-state index contributed by atoms with van der Waals surface area (Å²) in [5.41, 5.74) is 0. The SMILES string of the molecule is CC(=O)N1CCCC2CCCCC21.CC(=O)N1CCCCC1. The molecule has 2 unspecified atom stereocenters. The third kappa shape index (κ3) is 4.72. The molecule has 3 aliphatic rings. The van der Waals surface area contributed by atoms with Crippen molar-refractivity contribution in [2.45, 2.75) is 77.7 Å². The molecule has 0 N–H and O–H groups in total. The number of fused-ring (bicyclic) bond motifs is 1. The predicted octanol–water partition coefficient (Wildman–Crippen LogP) is 3.21. The van der Waals surface area contributed by atoms with Gasteiger partial charge < -0.3 is 9.80 Å². The highest BCUT2D eigenvalue weighted by atomic mass is 16.2. The zero-order valence-electron chi connectivity index (χ0n) is 14.4. The van der Waals surface area contributed by atoms with Crippen molar-refractivity contribution in [1.82, 2.24) is 9.80 Å². The summed E-state index contributed by atoms with van der Waals surface area (Å²) in [5, 5.41) is 0. The van der Waals surface area contributed by atoms with Crippen LogP contribution in [0.2, 0.25) is 0 Å². The molecule has 0 radical (unpaired) electrons. The van der Waals surface area contributed by atoms with Crippen LogP contribution < -0.4 is 0 Å². The maximum Gasteiger partial charge on any atom is 0.219 e. The molecule has 1 saturated carbocycles. The molecule has 0 aromatic heterocycles. The Morgan fingerprint density at radius 3 is 1.95 bits per heavy atom. The van der Waals surface area contributed by atoms with Crippen LogP contribution in [0.25, 0.3) is 0 Å². The van der Waals surface area contributed by atoms with E-state index >= 15 is 0 Å². The molecule has 2 saturated heterocycles. The Labute approximate surface area is 135 Å². The number of piperidine rings is 2. The van der Waals surface area contributed by atoms with Crippen LogP contribution in [0.15, 0.2) is 0 Å². The standard InChI is InChI=1S/C11H19NO.C7H13NO/c1-9(13)12-8-4-6-10-5-2-3-7-11(10)12;1-7(9)8-5-3-2-4-6-8/h10-11H,2-8H2,1H3;2-6H2,1H3. The third-order valence-corrected chi connectivity index (χ3v) is 5.45. The van der Waals surface area contributed by atoms with Crippen LogP contribution in [0.3, 0.4) is 0 Å². The number of carbonyl (C=O) groups excluding carboxylic acids is 2. The summed E-state index contributed by atoms with van der Waals surface area (Å²) < 4.78 is 0. The van der Waals surface area contributed by atoms with Crippen molar-refractivity contribution in [2.75, 3.05) is 19.6 Å². The highest BCUT2D eigenvalue weighted by Crippen LogP contribution is 2.35. The van der Waals surface area contributed by atoms with Gasteiger partial charge in [-0.05, 0) is 50.9 Å². The lowest BCUT2D eigenvalue weighted by Gasteiger charge is -2.43. The Kier molecular flexibility index (Phi) is 6.71. The zero-order valence-corrected chi connectivity index (χ0v) is 14.4. The Hall–Kier alpha value is -1.06. The summed E-state index contributed by atoms with van der Waals surface area (Å²) in [6, 6.07) is 0.597. The fraction of sp³-hybridized carbons (Fsp3) is 0.889. The van der Waals surface area contributed by atoms with Gasteiger partial charge in [-0.25, -0.2) is 0 Å². The lowest BCUT2D eigenvalue weighted by Crippen LogP contribution is -2.48. The molecule has 1 aliphatic carbocycles. The van der Waals surface area contributed by atoms with Gasteiger partial charge in [0.15, 0.2) is 0 Å². The molecule has 3 rings (SSSR count). The quantitative estimate of drug-likeness (QED) is 0.689. The Morgan fingerprint density at radius 2 is 1.36 bits per heavy atom. The minimum absolute atomic E-state index is 0.231. The average Bonchev–Trinajstić information content (AvgIpc) is 2.55. The van der Waals surface area contributed by atoms with E-state index in [9.17, 15) is 9.59 Å². The van der Waals surface area contributed by atoms with Gasteiger partial charge in [0.05, 0.1) is 0 Å². The van der Waals surface area contributed by atoms with E-state index in [1.807, 2.05) is 4.90 Å².